The molecule has 31 heavy (non-hydrogen) atoms. The number of halogens is 1. The second kappa shape index (κ2) is 10.9. The second-order valence-corrected chi connectivity index (χ2v) is 7.17. The zero-order valence-electron chi connectivity index (χ0n) is 18.7. The van der Waals surface area contributed by atoms with Gasteiger partial charge in [0.2, 0.25) is 0 Å². The Morgan fingerprint density at radius 2 is 1.74 bits per heavy atom. The van der Waals surface area contributed by atoms with Crippen LogP contribution in [0.25, 0.3) is 0 Å². The Hall–Kier alpha value is -3.00. The van der Waals surface area contributed by atoms with Crippen molar-refractivity contribution in [3.05, 3.63) is 58.2 Å². The Morgan fingerprint density at radius 1 is 1.10 bits per heavy atom. The van der Waals surface area contributed by atoms with Crippen LogP contribution in [0.15, 0.2) is 24.3 Å². The molecule has 0 saturated heterocycles. The first kappa shape index (κ1) is 24.3. The van der Waals surface area contributed by atoms with Crippen LogP contribution in [0.1, 0.15) is 55.8 Å². The molecular formula is C23H29FN2O5. The Bertz CT molecular complexity index is 950. The maximum atomic E-state index is 13.3. The fourth-order valence-electron chi connectivity index (χ4n) is 3.74. The third-order valence-electron chi connectivity index (χ3n) is 5.23. The van der Waals surface area contributed by atoms with Crippen molar-refractivity contribution in [1.82, 2.24) is 9.47 Å². The fraction of sp³-hybridized carbons (Fsp3) is 0.435. The van der Waals surface area contributed by atoms with Gasteiger partial charge in [-0.3, -0.25) is 9.59 Å². The smallest absolute Gasteiger partial charge is 0.354 e. The summed E-state index contributed by atoms with van der Waals surface area (Å²) in [5.74, 6) is -1.61. The predicted molar refractivity (Wildman–Crippen MR) is 114 cm³/mol. The lowest BCUT2D eigenvalue weighted by Gasteiger charge is -2.22. The number of ether oxygens (including phenoxy) is 2. The molecule has 0 unspecified atom stereocenters. The first-order valence-electron chi connectivity index (χ1n) is 10.1. The van der Waals surface area contributed by atoms with E-state index in [4.69, 9.17) is 9.47 Å². The summed E-state index contributed by atoms with van der Waals surface area (Å²) in [7, 11) is 2.86. The number of amides is 1. The number of hydrogen-bond donors (Lipinski definition) is 0. The van der Waals surface area contributed by atoms with Gasteiger partial charge >= 0.3 is 5.97 Å². The largest absolute Gasteiger partial charge is 0.464 e. The van der Waals surface area contributed by atoms with Crippen molar-refractivity contribution >= 4 is 17.7 Å². The molecule has 0 atom stereocenters. The molecule has 1 amide bonds. The van der Waals surface area contributed by atoms with E-state index in [0.717, 1.165) is 0 Å². The summed E-state index contributed by atoms with van der Waals surface area (Å²) in [5, 5.41) is 0. The van der Waals surface area contributed by atoms with Crippen LogP contribution >= 0.6 is 0 Å². The molecular weight excluding hydrogens is 403 g/mol. The first-order valence-corrected chi connectivity index (χ1v) is 10.1. The van der Waals surface area contributed by atoms with Crippen LogP contribution in [-0.4, -0.2) is 61.0 Å². The van der Waals surface area contributed by atoms with E-state index in [1.165, 1.54) is 36.3 Å². The van der Waals surface area contributed by atoms with Gasteiger partial charge in [0, 0.05) is 43.6 Å². The number of methoxy groups -OCH3 is 2. The van der Waals surface area contributed by atoms with Gasteiger partial charge in [-0.15, -0.1) is 0 Å². The van der Waals surface area contributed by atoms with Gasteiger partial charge in [-0.25, -0.2) is 9.18 Å². The number of ketones is 1. The summed E-state index contributed by atoms with van der Waals surface area (Å²) in [6, 6.07) is 5.21. The number of carbonyl (C=O) groups excluding carboxylic acids is 3. The molecule has 0 aliphatic heterocycles. The molecule has 2 aromatic rings. The van der Waals surface area contributed by atoms with E-state index >= 15 is 0 Å². The van der Waals surface area contributed by atoms with E-state index in [1.54, 1.807) is 25.5 Å². The highest BCUT2D eigenvalue weighted by molar-refractivity contribution is 6.06. The Morgan fingerprint density at radius 3 is 2.29 bits per heavy atom. The lowest BCUT2D eigenvalue weighted by molar-refractivity contribution is 0.0587. The third kappa shape index (κ3) is 5.38. The van der Waals surface area contributed by atoms with E-state index in [2.05, 4.69) is 0 Å². The van der Waals surface area contributed by atoms with Crippen molar-refractivity contribution in [3.8, 4) is 0 Å². The first-order chi connectivity index (χ1) is 14.8. The average Bonchev–Trinajstić information content (AvgIpc) is 3.01. The highest BCUT2D eigenvalue weighted by Crippen LogP contribution is 2.24. The van der Waals surface area contributed by atoms with Crippen molar-refractivity contribution in [1.29, 1.82) is 0 Å². The molecule has 0 aliphatic carbocycles. The topological polar surface area (TPSA) is 77.8 Å². The zero-order chi connectivity index (χ0) is 23.1. The summed E-state index contributed by atoms with van der Waals surface area (Å²) in [5.41, 5.74) is 2.22. The van der Waals surface area contributed by atoms with Gasteiger partial charge in [-0.1, -0.05) is 0 Å². The zero-order valence-corrected chi connectivity index (χ0v) is 18.7. The molecule has 0 N–H and O–H groups in total. The van der Waals surface area contributed by atoms with Crippen LogP contribution in [0.5, 0.6) is 0 Å². The number of esters is 1. The van der Waals surface area contributed by atoms with Crippen LogP contribution in [-0.2, 0) is 16.0 Å². The van der Waals surface area contributed by atoms with Crippen LogP contribution in [0.2, 0.25) is 0 Å². The standard InChI is InChI=1S/C23H29FN2O5/c1-6-26-16(3)20(15(2)21(26)23(29)31-5)19(27)14-25(12-7-13-30-4)22(28)17-8-10-18(24)11-9-17/h8-11H,6-7,12-14H2,1-5H3. The maximum absolute atomic E-state index is 13.3. The molecule has 1 heterocycles. The molecule has 1 aromatic carbocycles. The summed E-state index contributed by atoms with van der Waals surface area (Å²) in [4.78, 5) is 39.9. The highest BCUT2D eigenvalue weighted by Gasteiger charge is 2.28. The molecule has 0 radical (unpaired) electrons. The minimum atomic E-state index is -0.513. The lowest BCUT2D eigenvalue weighted by Crippen LogP contribution is -2.37. The predicted octanol–water partition coefficient (Wildman–Crippen LogP) is 3.41. The third-order valence-corrected chi connectivity index (χ3v) is 5.23. The molecule has 0 bridgehead atoms. The molecule has 168 valence electrons. The van der Waals surface area contributed by atoms with Gasteiger partial charge in [0.25, 0.3) is 5.91 Å². The average molecular weight is 432 g/mol. The normalized spacial score (nSPS) is 10.8. The molecule has 0 spiro atoms. The van der Waals surface area contributed by atoms with E-state index in [-0.39, 0.29) is 18.2 Å². The minimum absolute atomic E-state index is 0.171. The Kier molecular flexibility index (Phi) is 8.50. The van der Waals surface area contributed by atoms with Gasteiger partial charge < -0.3 is 18.9 Å². The van der Waals surface area contributed by atoms with Crippen LogP contribution in [0.3, 0.4) is 0 Å². The number of benzene rings is 1. The molecule has 0 fully saturated rings. The summed E-state index contributed by atoms with van der Waals surface area (Å²) in [6.07, 6.45) is 0.540. The van der Waals surface area contributed by atoms with Crippen molar-refractivity contribution in [2.45, 2.75) is 33.7 Å². The molecule has 1 aromatic heterocycles. The minimum Gasteiger partial charge on any atom is -0.464 e. The quantitative estimate of drug-likeness (QED) is 0.327. The molecule has 0 saturated carbocycles. The number of carbonyl (C=O) groups is 3. The number of Topliss-reactive ketones (excluding diaryl/α,β-unsaturated/α-hetero) is 1. The number of hydrogen-bond acceptors (Lipinski definition) is 5. The molecule has 7 nitrogen and oxygen atoms in total. The van der Waals surface area contributed by atoms with Crippen molar-refractivity contribution in [2.75, 3.05) is 33.9 Å². The lowest BCUT2D eigenvalue weighted by atomic mass is 10.0. The SMILES string of the molecule is CCn1c(C)c(C(=O)CN(CCCOC)C(=O)c2ccc(F)cc2)c(C)c1C(=O)OC. The van der Waals surface area contributed by atoms with Gasteiger partial charge in [-0.2, -0.15) is 0 Å². The molecule has 2 rings (SSSR count). The number of rotatable bonds is 10. The number of nitrogens with zero attached hydrogens (tertiary/aromatic N) is 2. The summed E-state index contributed by atoms with van der Waals surface area (Å²) in [6.45, 7) is 6.40. The summed E-state index contributed by atoms with van der Waals surface area (Å²) < 4.78 is 24.9. The van der Waals surface area contributed by atoms with Crippen molar-refractivity contribution in [2.24, 2.45) is 0 Å². The molecule has 0 aliphatic rings. The maximum Gasteiger partial charge on any atom is 0.354 e. The van der Waals surface area contributed by atoms with Gasteiger partial charge in [0.1, 0.15) is 11.5 Å². The van der Waals surface area contributed by atoms with Gasteiger partial charge in [-0.05, 0) is 57.0 Å². The van der Waals surface area contributed by atoms with E-state index < -0.39 is 11.8 Å². The van der Waals surface area contributed by atoms with E-state index in [9.17, 15) is 18.8 Å². The van der Waals surface area contributed by atoms with Crippen LogP contribution in [0.4, 0.5) is 4.39 Å². The Labute approximate surface area is 181 Å². The number of aromatic nitrogens is 1. The van der Waals surface area contributed by atoms with Crippen LogP contribution in [0, 0.1) is 19.7 Å². The van der Waals surface area contributed by atoms with E-state index in [0.29, 0.717) is 54.2 Å². The second-order valence-electron chi connectivity index (χ2n) is 7.17. The van der Waals surface area contributed by atoms with Gasteiger partial charge in [0.15, 0.2) is 5.78 Å². The van der Waals surface area contributed by atoms with Crippen molar-refractivity contribution in [3.63, 3.8) is 0 Å². The highest BCUT2D eigenvalue weighted by atomic mass is 19.1. The van der Waals surface area contributed by atoms with E-state index in [1.807, 2.05) is 6.92 Å². The summed E-state index contributed by atoms with van der Waals surface area (Å²) >= 11 is 0. The molecule has 8 heteroatoms. The monoisotopic (exact) mass is 432 g/mol. The van der Waals surface area contributed by atoms with Crippen LogP contribution < -0.4 is 0 Å². The van der Waals surface area contributed by atoms with Gasteiger partial charge in [0.05, 0.1) is 13.7 Å². The Balaban J connectivity index is 2.37. The fourth-order valence-corrected chi connectivity index (χ4v) is 3.74. The van der Waals surface area contributed by atoms with Crippen molar-refractivity contribution < 1.29 is 28.2 Å².